The maximum Gasteiger partial charge on any atom is 0.239 e. The standard InChI is InChI=1S/C8H7Br2ClN2O/c9-5-1-2-6(10)8-4(5)3-7(11)12-13(8)14/h3,5-6H,1-2H2/t5-,6+/m1/s1. The quantitative estimate of drug-likeness (QED) is 0.413. The van der Waals surface area contributed by atoms with Gasteiger partial charge >= 0.3 is 0 Å². The Bertz CT molecular complexity index is 375. The van der Waals surface area contributed by atoms with Gasteiger partial charge in [-0.2, -0.15) is 0 Å². The summed E-state index contributed by atoms with van der Waals surface area (Å²) in [6, 6.07) is 1.75. The minimum absolute atomic E-state index is 0.0774. The molecule has 1 aromatic heterocycles. The average molecular weight is 342 g/mol. The molecule has 0 radical (unpaired) electrons. The van der Waals surface area contributed by atoms with Crippen molar-refractivity contribution in [2.24, 2.45) is 0 Å². The largest absolute Gasteiger partial charge is 0.594 e. The molecule has 1 aromatic rings. The molecule has 0 saturated carbocycles. The minimum atomic E-state index is 0.0774. The predicted molar refractivity (Wildman–Crippen MR) is 60.8 cm³/mol. The zero-order valence-electron chi connectivity index (χ0n) is 7.08. The van der Waals surface area contributed by atoms with Gasteiger partial charge in [-0.15, -0.1) is 0 Å². The van der Waals surface area contributed by atoms with Crippen molar-refractivity contribution >= 4 is 43.5 Å². The van der Waals surface area contributed by atoms with Crippen LogP contribution in [0.2, 0.25) is 5.15 Å². The molecule has 0 spiro atoms. The maximum atomic E-state index is 11.5. The van der Waals surface area contributed by atoms with Gasteiger partial charge in [0.1, 0.15) is 4.83 Å². The molecule has 0 bridgehead atoms. The molecule has 0 fully saturated rings. The zero-order chi connectivity index (χ0) is 10.3. The van der Waals surface area contributed by atoms with Gasteiger partial charge in [0.05, 0.1) is 0 Å². The van der Waals surface area contributed by atoms with Gasteiger partial charge < -0.3 is 5.21 Å². The van der Waals surface area contributed by atoms with Gasteiger partial charge in [-0.1, -0.05) is 48.3 Å². The highest BCUT2D eigenvalue weighted by molar-refractivity contribution is 9.09. The van der Waals surface area contributed by atoms with Crippen LogP contribution in [0.25, 0.3) is 0 Å². The summed E-state index contributed by atoms with van der Waals surface area (Å²) >= 11 is 12.7. The van der Waals surface area contributed by atoms with E-state index < -0.39 is 0 Å². The van der Waals surface area contributed by atoms with E-state index in [-0.39, 0.29) is 14.8 Å². The van der Waals surface area contributed by atoms with Gasteiger partial charge in [0.25, 0.3) is 0 Å². The molecule has 0 unspecified atom stereocenters. The van der Waals surface area contributed by atoms with Crippen LogP contribution in [-0.4, -0.2) is 5.10 Å². The molecule has 0 amide bonds. The highest BCUT2D eigenvalue weighted by atomic mass is 79.9. The van der Waals surface area contributed by atoms with Crippen molar-refractivity contribution in [2.45, 2.75) is 22.5 Å². The van der Waals surface area contributed by atoms with Crippen LogP contribution in [-0.2, 0) is 0 Å². The fourth-order valence-corrected chi connectivity index (χ4v) is 3.14. The number of rotatable bonds is 0. The Morgan fingerprint density at radius 2 is 2.07 bits per heavy atom. The van der Waals surface area contributed by atoms with Crippen LogP contribution < -0.4 is 4.85 Å². The Morgan fingerprint density at radius 1 is 1.43 bits per heavy atom. The molecule has 14 heavy (non-hydrogen) atoms. The van der Waals surface area contributed by atoms with Crippen molar-refractivity contribution in [1.29, 1.82) is 0 Å². The second-order valence-electron chi connectivity index (χ2n) is 3.19. The van der Waals surface area contributed by atoms with E-state index in [0.29, 0.717) is 10.5 Å². The lowest BCUT2D eigenvalue weighted by atomic mass is 9.97. The predicted octanol–water partition coefficient (Wildman–Crippen LogP) is 3.03. The van der Waals surface area contributed by atoms with E-state index in [1.807, 2.05) is 0 Å². The zero-order valence-corrected chi connectivity index (χ0v) is 11.0. The molecule has 3 nitrogen and oxygen atoms in total. The van der Waals surface area contributed by atoms with Crippen LogP contribution >= 0.6 is 43.5 Å². The molecule has 0 saturated heterocycles. The number of fused-ring (bicyclic) bond motifs is 1. The number of hydrogen-bond acceptors (Lipinski definition) is 2. The summed E-state index contributed by atoms with van der Waals surface area (Å²) < 4.78 is 0. The fraction of sp³-hybridized carbons (Fsp3) is 0.500. The summed E-state index contributed by atoms with van der Waals surface area (Å²) in [6.45, 7) is 0. The first kappa shape index (κ1) is 10.6. The SMILES string of the molecule is [O-][n+]1nc(Cl)cc2c1[C@@H](Br)CC[C@H]2Br. The van der Waals surface area contributed by atoms with Crippen molar-refractivity contribution in [3.05, 3.63) is 27.7 Å². The van der Waals surface area contributed by atoms with E-state index in [9.17, 15) is 5.21 Å². The molecule has 0 aromatic carbocycles. The van der Waals surface area contributed by atoms with E-state index in [1.165, 1.54) is 0 Å². The molecule has 1 aliphatic carbocycles. The second-order valence-corrected chi connectivity index (χ2v) is 5.79. The van der Waals surface area contributed by atoms with E-state index in [1.54, 1.807) is 6.07 Å². The van der Waals surface area contributed by atoms with Gasteiger partial charge in [0.15, 0.2) is 5.15 Å². The number of alkyl halides is 2. The topological polar surface area (TPSA) is 39.8 Å². The number of hydrogen-bond donors (Lipinski definition) is 0. The molecular formula is C8H7Br2ClN2O. The van der Waals surface area contributed by atoms with E-state index in [0.717, 1.165) is 18.4 Å². The third-order valence-electron chi connectivity index (χ3n) is 2.27. The van der Waals surface area contributed by atoms with Crippen molar-refractivity contribution < 1.29 is 4.85 Å². The summed E-state index contributed by atoms with van der Waals surface area (Å²) in [6.07, 6.45) is 1.91. The lowest BCUT2D eigenvalue weighted by molar-refractivity contribution is -0.677. The van der Waals surface area contributed by atoms with E-state index >= 15 is 0 Å². The van der Waals surface area contributed by atoms with Gasteiger partial charge in [0, 0.05) is 15.5 Å². The van der Waals surface area contributed by atoms with Gasteiger partial charge in [-0.05, 0) is 18.9 Å². The summed E-state index contributed by atoms with van der Waals surface area (Å²) in [4.78, 5) is 0.894. The lowest BCUT2D eigenvalue weighted by Crippen LogP contribution is -2.39. The monoisotopic (exact) mass is 340 g/mol. The number of nitrogens with zero attached hydrogens (tertiary/aromatic N) is 2. The Balaban J connectivity index is 2.60. The molecule has 1 heterocycles. The van der Waals surface area contributed by atoms with Gasteiger partial charge in [0.2, 0.25) is 5.69 Å². The highest BCUT2D eigenvalue weighted by Crippen LogP contribution is 2.43. The molecule has 76 valence electrons. The van der Waals surface area contributed by atoms with Crippen LogP contribution in [0, 0.1) is 5.21 Å². The normalized spacial score (nSPS) is 25.9. The first-order valence-corrected chi connectivity index (χ1v) is 6.39. The Morgan fingerprint density at radius 3 is 2.79 bits per heavy atom. The number of halogens is 3. The number of aromatic nitrogens is 2. The van der Waals surface area contributed by atoms with E-state index in [2.05, 4.69) is 37.0 Å². The van der Waals surface area contributed by atoms with Crippen molar-refractivity contribution in [1.82, 2.24) is 5.10 Å². The summed E-state index contributed by atoms with van der Waals surface area (Å²) in [5, 5.41) is 15.4. The van der Waals surface area contributed by atoms with Crippen LogP contribution in [0.4, 0.5) is 0 Å². The molecule has 2 atom stereocenters. The fourth-order valence-electron chi connectivity index (χ4n) is 1.62. The molecule has 6 heteroatoms. The molecule has 0 N–H and O–H groups in total. The first-order chi connectivity index (χ1) is 6.59. The maximum absolute atomic E-state index is 11.5. The Hall–Kier alpha value is 0.130. The van der Waals surface area contributed by atoms with Crippen molar-refractivity contribution in [3.63, 3.8) is 0 Å². The van der Waals surface area contributed by atoms with Crippen LogP contribution in [0.5, 0.6) is 0 Å². The first-order valence-electron chi connectivity index (χ1n) is 4.18. The lowest BCUT2D eigenvalue weighted by Gasteiger charge is -2.21. The van der Waals surface area contributed by atoms with Gasteiger partial charge in [-0.3, -0.25) is 0 Å². The summed E-state index contributed by atoms with van der Waals surface area (Å²) in [5.41, 5.74) is 1.61. The van der Waals surface area contributed by atoms with Crippen LogP contribution in [0.1, 0.15) is 33.8 Å². The molecular weight excluding hydrogens is 335 g/mol. The van der Waals surface area contributed by atoms with Crippen molar-refractivity contribution in [3.8, 4) is 0 Å². The van der Waals surface area contributed by atoms with Crippen LogP contribution in [0.15, 0.2) is 6.07 Å². The van der Waals surface area contributed by atoms with E-state index in [4.69, 9.17) is 11.6 Å². The molecule has 1 aliphatic rings. The van der Waals surface area contributed by atoms with Gasteiger partial charge in [-0.25, -0.2) is 0 Å². The second kappa shape index (κ2) is 3.94. The Kier molecular flexibility index (Phi) is 3.00. The molecule has 0 aliphatic heterocycles. The minimum Gasteiger partial charge on any atom is -0.594 e. The third kappa shape index (κ3) is 1.77. The van der Waals surface area contributed by atoms with Crippen molar-refractivity contribution in [2.75, 3.05) is 0 Å². The summed E-state index contributed by atoms with van der Waals surface area (Å²) in [5.74, 6) is 0. The smallest absolute Gasteiger partial charge is 0.239 e. The summed E-state index contributed by atoms with van der Waals surface area (Å²) in [7, 11) is 0. The highest BCUT2D eigenvalue weighted by Gasteiger charge is 2.32. The average Bonchev–Trinajstić information content (AvgIpc) is 2.10. The van der Waals surface area contributed by atoms with Crippen LogP contribution in [0.3, 0.4) is 0 Å². The molecule has 2 rings (SSSR count). The third-order valence-corrected chi connectivity index (χ3v) is 4.30. The Labute approximate surface area is 103 Å².